The third-order valence-corrected chi connectivity index (χ3v) is 4.71. The van der Waals surface area contributed by atoms with Gasteiger partial charge in [-0.25, -0.2) is 0 Å². The molecule has 2 fully saturated rings. The van der Waals surface area contributed by atoms with Crippen molar-refractivity contribution in [3.8, 4) is 0 Å². The summed E-state index contributed by atoms with van der Waals surface area (Å²) < 4.78 is 0. The Morgan fingerprint density at radius 2 is 2.11 bits per heavy atom. The van der Waals surface area contributed by atoms with Crippen molar-refractivity contribution < 1.29 is 9.90 Å². The zero-order valence-electron chi connectivity index (χ0n) is 12.3. The minimum atomic E-state index is -0.573. The van der Waals surface area contributed by atoms with Gasteiger partial charge >= 0.3 is 0 Å². The van der Waals surface area contributed by atoms with E-state index in [9.17, 15) is 9.90 Å². The molecule has 2 rings (SSSR count). The molecule has 1 amide bonds. The Balaban J connectivity index is 1.97. The van der Waals surface area contributed by atoms with Crippen LogP contribution in [0.3, 0.4) is 0 Å². The van der Waals surface area contributed by atoms with E-state index in [1.165, 1.54) is 0 Å². The average Bonchev–Trinajstić information content (AvgIpc) is 2.38. The highest BCUT2D eigenvalue weighted by Crippen LogP contribution is 2.33. The van der Waals surface area contributed by atoms with Crippen LogP contribution in [0.25, 0.3) is 0 Å². The number of hydrogen-bond acceptors (Lipinski definition) is 3. The van der Waals surface area contributed by atoms with Crippen molar-refractivity contribution in [3.63, 3.8) is 0 Å². The smallest absolute Gasteiger partial charge is 0.237 e. The van der Waals surface area contributed by atoms with Crippen LogP contribution in [-0.4, -0.2) is 47.2 Å². The van der Waals surface area contributed by atoms with Crippen molar-refractivity contribution in [2.75, 3.05) is 19.6 Å². The molecule has 4 nitrogen and oxygen atoms in total. The Morgan fingerprint density at radius 1 is 1.42 bits per heavy atom. The maximum absolute atomic E-state index is 12.0. The topological polar surface area (TPSA) is 52.6 Å². The number of nitrogens with zero attached hydrogens (tertiary/aromatic N) is 1. The molecule has 1 saturated heterocycles. The monoisotopic (exact) mass is 268 g/mol. The molecule has 1 atom stereocenters. The van der Waals surface area contributed by atoms with Gasteiger partial charge in [0.15, 0.2) is 0 Å². The number of amides is 1. The molecule has 4 heteroatoms. The second-order valence-corrected chi connectivity index (χ2v) is 6.47. The van der Waals surface area contributed by atoms with Gasteiger partial charge in [0.05, 0.1) is 11.6 Å². The molecular weight excluding hydrogens is 240 g/mol. The predicted molar refractivity (Wildman–Crippen MR) is 75.9 cm³/mol. The highest BCUT2D eigenvalue weighted by atomic mass is 16.3. The van der Waals surface area contributed by atoms with E-state index < -0.39 is 5.60 Å². The van der Waals surface area contributed by atoms with Crippen molar-refractivity contribution in [2.45, 2.75) is 64.0 Å². The lowest BCUT2D eigenvalue weighted by molar-refractivity contribution is -0.132. The van der Waals surface area contributed by atoms with Crippen LogP contribution >= 0.6 is 0 Å². The van der Waals surface area contributed by atoms with E-state index in [0.717, 1.165) is 51.0 Å². The minimum Gasteiger partial charge on any atom is -0.389 e. The molecule has 1 heterocycles. The van der Waals surface area contributed by atoms with Crippen molar-refractivity contribution in [3.05, 3.63) is 0 Å². The van der Waals surface area contributed by atoms with Gasteiger partial charge in [0, 0.05) is 19.6 Å². The molecule has 2 N–H and O–H groups in total. The Hall–Kier alpha value is -0.610. The molecule has 1 aliphatic heterocycles. The Bertz CT molecular complexity index is 311. The van der Waals surface area contributed by atoms with Crippen LogP contribution in [0.15, 0.2) is 0 Å². The van der Waals surface area contributed by atoms with Crippen LogP contribution < -0.4 is 5.32 Å². The van der Waals surface area contributed by atoms with E-state index in [0.29, 0.717) is 13.1 Å². The summed E-state index contributed by atoms with van der Waals surface area (Å²) in [5, 5.41) is 13.7. The fourth-order valence-corrected chi connectivity index (χ4v) is 3.37. The summed E-state index contributed by atoms with van der Waals surface area (Å²) in [4.78, 5) is 14.2. The molecule has 0 aromatic heterocycles. The van der Waals surface area contributed by atoms with Crippen LogP contribution in [0.1, 0.15) is 52.4 Å². The molecule has 0 aromatic rings. The van der Waals surface area contributed by atoms with Gasteiger partial charge in [-0.05, 0) is 38.0 Å². The summed E-state index contributed by atoms with van der Waals surface area (Å²) in [5.41, 5.74) is -0.573. The molecule has 0 aromatic carbocycles. The summed E-state index contributed by atoms with van der Waals surface area (Å²) in [7, 11) is 0. The number of rotatable bonds is 4. The van der Waals surface area contributed by atoms with E-state index in [1.54, 1.807) is 0 Å². The number of hydrogen-bond donors (Lipinski definition) is 2. The predicted octanol–water partition coefficient (Wildman–Crippen LogP) is 1.53. The summed E-state index contributed by atoms with van der Waals surface area (Å²) in [6.07, 6.45) is 5.86. The van der Waals surface area contributed by atoms with Crippen molar-refractivity contribution in [2.24, 2.45) is 5.92 Å². The van der Waals surface area contributed by atoms with Crippen molar-refractivity contribution in [1.82, 2.24) is 10.2 Å². The van der Waals surface area contributed by atoms with Gasteiger partial charge in [-0.1, -0.05) is 20.3 Å². The standard InChI is InChI=1S/C15H28N2O2/c1-3-4-13-14(18)16-9-10-17(13)11-15(19)7-5-12(2)6-8-15/h12-13,19H,3-11H2,1-2H3,(H,16,18). The van der Waals surface area contributed by atoms with Crippen LogP contribution in [0.5, 0.6) is 0 Å². The quantitative estimate of drug-likeness (QED) is 0.813. The zero-order valence-corrected chi connectivity index (χ0v) is 12.3. The van der Waals surface area contributed by atoms with Gasteiger partial charge in [-0.15, -0.1) is 0 Å². The maximum Gasteiger partial charge on any atom is 0.237 e. The first kappa shape index (κ1) is 14.8. The zero-order chi connectivity index (χ0) is 13.9. The largest absolute Gasteiger partial charge is 0.389 e. The second-order valence-electron chi connectivity index (χ2n) is 6.47. The fourth-order valence-electron chi connectivity index (χ4n) is 3.37. The van der Waals surface area contributed by atoms with Gasteiger partial charge < -0.3 is 10.4 Å². The summed E-state index contributed by atoms with van der Waals surface area (Å²) in [5.74, 6) is 0.872. The van der Waals surface area contributed by atoms with E-state index in [4.69, 9.17) is 0 Å². The van der Waals surface area contributed by atoms with E-state index in [2.05, 4.69) is 24.1 Å². The molecule has 1 unspecified atom stereocenters. The summed E-state index contributed by atoms with van der Waals surface area (Å²) in [6.45, 7) is 6.61. The number of piperazine rings is 1. The van der Waals surface area contributed by atoms with E-state index >= 15 is 0 Å². The van der Waals surface area contributed by atoms with Gasteiger partial charge in [-0.2, -0.15) is 0 Å². The third kappa shape index (κ3) is 3.69. The molecule has 1 aliphatic carbocycles. The summed E-state index contributed by atoms with van der Waals surface area (Å²) >= 11 is 0. The lowest BCUT2D eigenvalue weighted by Gasteiger charge is -2.43. The molecule has 1 saturated carbocycles. The van der Waals surface area contributed by atoms with E-state index in [1.807, 2.05) is 0 Å². The first-order chi connectivity index (χ1) is 9.04. The number of nitrogens with one attached hydrogen (secondary N) is 1. The number of carbonyl (C=O) groups excluding carboxylic acids is 1. The van der Waals surface area contributed by atoms with Crippen LogP contribution in [-0.2, 0) is 4.79 Å². The fraction of sp³-hybridized carbons (Fsp3) is 0.933. The maximum atomic E-state index is 12.0. The Kier molecular flexibility index (Phi) is 4.85. The molecule has 0 spiro atoms. The third-order valence-electron chi connectivity index (χ3n) is 4.71. The Labute approximate surface area is 116 Å². The lowest BCUT2D eigenvalue weighted by atomic mass is 9.79. The molecule has 19 heavy (non-hydrogen) atoms. The number of aliphatic hydroxyl groups is 1. The normalized spacial score (nSPS) is 37.1. The van der Waals surface area contributed by atoms with Gasteiger partial charge in [-0.3, -0.25) is 9.69 Å². The summed E-state index contributed by atoms with van der Waals surface area (Å²) in [6, 6.07) is -0.0397. The van der Waals surface area contributed by atoms with E-state index in [-0.39, 0.29) is 11.9 Å². The highest BCUT2D eigenvalue weighted by Gasteiger charge is 2.38. The molecule has 2 aliphatic rings. The Morgan fingerprint density at radius 3 is 2.74 bits per heavy atom. The average molecular weight is 268 g/mol. The SMILES string of the molecule is CCCC1C(=O)NCCN1CC1(O)CCC(C)CC1. The van der Waals surface area contributed by atoms with Crippen molar-refractivity contribution in [1.29, 1.82) is 0 Å². The van der Waals surface area contributed by atoms with Gasteiger partial charge in [0.2, 0.25) is 5.91 Å². The second kappa shape index (κ2) is 6.23. The molecule has 0 radical (unpaired) electrons. The van der Waals surface area contributed by atoms with Crippen molar-refractivity contribution >= 4 is 5.91 Å². The van der Waals surface area contributed by atoms with Crippen LogP contribution in [0.2, 0.25) is 0 Å². The molecular formula is C15H28N2O2. The minimum absolute atomic E-state index is 0.0397. The lowest BCUT2D eigenvalue weighted by Crippen LogP contribution is -2.59. The first-order valence-corrected chi connectivity index (χ1v) is 7.78. The molecule has 110 valence electrons. The van der Waals surface area contributed by atoms with Gasteiger partial charge in [0.1, 0.15) is 0 Å². The highest BCUT2D eigenvalue weighted by molar-refractivity contribution is 5.82. The number of β-amino-alcohol motifs (C(OH)–C–C–N with tert-alkyl or cyclic N) is 1. The van der Waals surface area contributed by atoms with Gasteiger partial charge in [0.25, 0.3) is 0 Å². The van der Waals surface area contributed by atoms with Crippen LogP contribution in [0.4, 0.5) is 0 Å². The van der Waals surface area contributed by atoms with Crippen LogP contribution in [0, 0.1) is 5.92 Å². The molecule has 0 bridgehead atoms. The number of carbonyl (C=O) groups is 1. The first-order valence-electron chi connectivity index (χ1n) is 7.78.